The molecule has 0 aliphatic rings. The van der Waals surface area contributed by atoms with Crippen molar-refractivity contribution in [3.8, 4) is 0 Å². The summed E-state index contributed by atoms with van der Waals surface area (Å²) < 4.78 is 11.5. The number of furan rings is 1. The molecule has 4 heteroatoms. The van der Waals surface area contributed by atoms with Crippen LogP contribution < -0.4 is 5.32 Å². The van der Waals surface area contributed by atoms with Gasteiger partial charge in [-0.05, 0) is 43.1 Å². The van der Waals surface area contributed by atoms with Crippen molar-refractivity contribution in [3.05, 3.63) is 58.0 Å². The number of hydrogen-bond donors (Lipinski definition) is 1. The number of aryl methyl sites for hydroxylation is 1. The molecule has 0 amide bonds. The van der Waals surface area contributed by atoms with E-state index in [9.17, 15) is 0 Å². The van der Waals surface area contributed by atoms with Crippen LogP contribution in [0.2, 0.25) is 5.02 Å². The first-order valence-corrected chi connectivity index (χ1v) is 7.68. The summed E-state index contributed by atoms with van der Waals surface area (Å²) in [5.41, 5.74) is 2.15. The molecule has 2 rings (SSSR count). The van der Waals surface area contributed by atoms with Gasteiger partial charge in [0.15, 0.2) is 0 Å². The normalized spacial score (nSPS) is 11.0. The van der Waals surface area contributed by atoms with Gasteiger partial charge in [-0.2, -0.15) is 0 Å². The van der Waals surface area contributed by atoms with E-state index >= 15 is 0 Å². The molecule has 0 atom stereocenters. The van der Waals surface area contributed by atoms with Gasteiger partial charge >= 0.3 is 0 Å². The Morgan fingerprint density at radius 1 is 1.24 bits per heavy atom. The maximum Gasteiger partial charge on any atom is 0.130 e. The second-order valence-electron chi connectivity index (χ2n) is 5.08. The molecule has 0 fully saturated rings. The smallest absolute Gasteiger partial charge is 0.130 e. The Balaban J connectivity index is 1.83. The lowest BCUT2D eigenvalue weighted by atomic mass is 10.2. The number of rotatable bonds is 8. The van der Waals surface area contributed by atoms with Crippen LogP contribution in [0.25, 0.3) is 0 Å². The average molecular weight is 308 g/mol. The van der Waals surface area contributed by atoms with Crippen LogP contribution in [0.15, 0.2) is 34.7 Å². The third-order valence-electron chi connectivity index (χ3n) is 3.24. The monoisotopic (exact) mass is 307 g/mol. The lowest BCUT2D eigenvalue weighted by Crippen LogP contribution is -2.13. The highest BCUT2D eigenvalue weighted by molar-refractivity contribution is 6.31. The van der Waals surface area contributed by atoms with Gasteiger partial charge in [0.1, 0.15) is 18.1 Å². The lowest BCUT2D eigenvalue weighted by Gasteiger charge is -2.04. The van der Waals surface area contributed by atoms with Gasteiger partial charge in [0.05, 0.1) is 13.2 Å². The second kappa shape index (κ2) is 8.23. The fourth-order valence-electron chi connectivity index (χ4n) is 2.09. The van der Waals surface area contributed by atoms with Gasteiger partial charge in [-0.15, -0.1) is 0 Å². The fourth-order valence-corrected chi connectivity index (χ4v) is 2.28. The zero-order valence-electron chi connectivity index (χ0n) is 12.6. The molecule has 21 heavy (non-hydrogen) atoms. The minimum absolute atomic E-state index is 0.458. The fraction of sp³-hybridized carbons (Fsp3) is 0.412. The summed E-state index contributed by atoms with van der Waals surface area (Å²) in [6.07, 6.45) is 1.12. The molecule has 1 heterocycles. The van der Waals surface area contributed by atoms with Gasteiger partial charge < -0.3 is 14.5 Å². The predicted molar refractivity (Wildman–Crippen MR) is 85.4 cm³/mol. The van der Waals surface area contributed by atoms with E-state index in [1.54, 1.807) is 0 Å². The van der Waals surface area contributed by atoms with Crippen molar-refractivity contribution in [3.63, 3.8) is 0 Å². The van der Waals surface area contributed by atoms with Crippen molar-refractivity contribution in [2.24, 2.45) is 0 Å². The number of nitrogens with one attached hydrogen (secondary N) is 1. The minimum atomic E-state index is 0.458. The Kier molecular flexibility index (Phi) is 6.30. The SMILES string of the molecule is CCCNCc1oc(COCc2ccccc2Cl)cc1C. The molecule has 1 aromatic heterocycles. The zero-order valence-corrected chi connectivity index (χ0v) is 13.4. The minimum Gasteiger partial charge on any atom is -0.462 e. The third-order valence-corrected chi connectivity index (χ3v) is 3.61. The summed E-state index contributed by atoms with van der Waals surface area (Å²) in [7, 11) is 0. The van der Waals surface area contributed by atoms with Crippen molar-refractivity contribution in [2.45, 2.75) is 40.0 Å². The van der Waals surface area contributed by atoms with Gasteiger partial charge in [-0.1, -0.05) is 36.7 Å². The standard InChI is InChI=1S/C17H22ClNO2/c1-3-8-19-10-17-13(2)9-15(21-17)12-20-11-14-6-4-5-7-16(14)18/h4-7,9,19H,3,8,10-12H2,1-2H3. The Morgan fingerprint density at radius 2 is 2.05 bits per heavy atom. The number of benzene rings is 1. The van der Waals surface area contributed by atoms with E-state index in [0.717, 1.165) is 47.2 Å². The third kappa shape index (κ3) is 4.88. The van der Waals surface area contributed by atoms with Gasteiger partial charge in [0.2, 0.25) is 0 Å². The molecule has 3 nitrogen and oxygen atoms in total. The summed E-state index contributed by atoms with van der Waals surface area (Å²) in [6.45, 7) is 6.92. The van der Waals surface area contributed by atoms with Crippen molar-refractivity contribution < 1.29 is 9.15 Å². The predicted octanol–water partition coefficient (Wildman–Crippen LogP) is 4.46. The molecular formula is C17H22ClNO2. The molecule has 0 saturated heterocycles. The maximum atomic E-state index is 6.09. The Labute approximate surface area is 131 Å². The molecule has 0 aliphatic heterocycles. The molecule has 0 bridgehead atoms. The van der Waals surface area contributed by atoms with E-state index in [-0.39, 0.29) is 0 Å². The molecule has 2 aromatic rings. The first-order chi connectivity index (χ1) is 10.2. The van der Waals surface area contributed by atoms with Gasteiger partial charge in [0.25, 0.3) is 0 Å². The van der Waals surface area contributed by atoms with Crippen LogP contribution in [0.1, 0.15) is 36.0 Å². The van der Waals surface area contributed by atoms with E-state index in [2.05, 4.69) is 19.2 Å². The summed E-state index contributed by atoms with van der Waals surface area (Å²) in [6, 6.07) is 9.75. The number of hydrogen-bond acceptors (Lipinski definition) is 3. The van der Waals surface area contributed by atoms with Crippen LogP contribution in [0.4, 0.5) is 0 Å². The highest BCUT2D eigenvalue weighted by Gasteiger charge is 2.08. The molecule has 0 aliphatic carbocycles. The quantitative estimate of drug-likeness (QED) is 0.731. The van der Waals surface area contributed by atoms with Gasteiger partial charge in [-0.3, -0.25) is 0 Å². The van der Waals surface area contributed by atoms with E-state index in [1.165, 1.54) is 0 Å². The van der Waals surface area contributed by atoms with Gasteiger partial charge in [0, 0.05) is 5.02 Å². The van der Waals surface area contributed by atoms with Crippen LogP contribution in [-0.2, 0) is 24.5 Å². The molecule has 1 N–H and O–H groups in total. The number of ether oxygens (including phenoxy) is 1. The topological polar surface area (TPSA) is 34.4 Å². The molecule has 0 saturated carbocycles. The average Bonchev–Trinajstić information content (AvgIpc) is 2.82. The van der Waals surface area contributed by atoms with Crippen LogP contribution in [0.5, 0.6) is 0 Å². The molecular weight excluding hydrogens is 286 g/mol. The van der Waals surface area contributed by atoms with Crippen LogP contribution in [0, 0.1) is 6.92 Å². The van der Waals surface area contributed by atoms with Crippen molar-refractivity contribution in [1.82, 2.24) is 5.32 Å². The number of halogens is 1. The summed E-state index contributed by atoms with van der Waals surface area (Å²) >= 11 is 6.09. The van der Waals surface area contributed by atoms with Crippen LogP contribution in [0.3, 0.4) is 0 Å². The van der Waals surface area contributed by atoms with E-state index < -0.39 is 0 Å². The summed E-state index contributed by atoms with van der Waals surface area (Å²) in [5.74, 6) is 1.84. The maximum absolute atomic E-state index is 6.09. The Morgan fingerprint density at radius 3 is 2.81 bits per heavy atom. The largest absolute Gasteiger partial charge is 0.462 e. The summed E-state index contributed by atoms with van der Waals surface area (Å²) in [4.78, 5) is 0. The first-order valence-electron chi connectivity index (χ1n) is 7.30. The highest BCUT2D eigenvalue weighted by Crippen LogP contribution is 2.18. The van der Waals surface area contributed by atoms with Crippen molar-refractivity contribution >= 4 is 11.6 Å². The highest BCUT2D eigenvalue weighted by atomic mass is 35.5. The molecule has 0 radical (unpaired) electrons. The summed E-state index contributed by atoms with van der Waals surface area (Å²) in [5, 5.41) is 4.08. The lowest BCUT2D eigenvalue weighted by molar-refractivity contribution is 0.0920. The van der Waals surface area contributed by atoms with Crippen molar-refractivity contribution in [1.29, 1.82) is 0 Å². The van der Waals surface area contributed by atoms with Crippen LogP contribution >= 0.6 is 11.6 Å². The zero-order chi connectivity index (χ0) is 15.1. The first kappa shape index (κ1) is 16.1. The van der Waals surface area contributed by atoms with Crippen molar-refractivity contribution in [2.75, 3.05) is 6.54 Å². The van der Waals surface area contributed by atoms with Crippen LogP contribution in [-0.4, -0.2) is 6.54 Å². The molecule has 0 unspecified atom stereocenters. The van der Waals surface area contributed by atoms with E-state index in [0.29, 0.717) is 13.2 Å². The van der Waals surface area contributed by atoms with E-state index in [1.807, 2.05) is 30.3 Å². The second-order valence-corrected chi connectivity index (χ2v) is 5.49. The molecule has 1 aromatic carbocycles. The van der Waals surface area contributed by atoms with Gasteiger partial charge in [-0.25, -0.2) is 0 Å². The Bertz CT molecular complexity index is 566. The van der Waals surface area contributed by atoms with E-state index in [4.69, 9.17) is 20.8 Å². The molecule has 0 spiro atoms. The Hall–Kier alpha value is -1.29. The molecule has 114 valence electrons.